The highest BCUT2D eigenvalue weighted by Crippen LogP contribution is 2.21. The molecule has 4 aromatic rings. The molecule has 1 atom stereocenters. The zero-order chi connectivity index (χ0) is 32.5. The molecule has 0 bridgehead atoms. The van der Waals surface area contributed by atoms with Gasteiger partial charge in [0.1, 0.15) is 6.04 Å². The molecule has 236 valence electrons. The molecule has 46 heavy (non-hydrogen) atoms. The molecular weight excluding hydrogens is 592 g/mol. The van der Waals surface area contributed by atoms with Crippen LogP contribution in [0.4, 0.5) is 23.3 Å². The highest BCUT2D eigenvalue weighted by atomic mass is 16.5. The number of esters is 1. The summed E-state index contributed by atoms with van der Waals surface area (Å²) in [6, 6.07) is 13.9. The van der Waals surface area contributed by atoms with Crippen LogP contribution < -0.4 is 20.9 Å². The van der Waals surface area contributed by atoms with Gasteiger partial charge in [0, 0.05) is 57.2 Å². The highest BCUT2D eigenvalue weighted by Gasteiger charge is 2.25. The molecule has 15 heteroatoms. The SMILES string of the molecule is [C-]#[N+]c1ccc(C[C@H](Nc2nc(Nc3cccc(CN4CCN(C(=O)c5ncc[nH]c5=O)CC4)c3)nc(OC)n2)C(=O)OC)cc1. The van der Waals surface area contributed by atoms with Crippen LogP contribution in [0.1, 0.15) is 21.6 Å². The Morgan fingerprint density at radius 3 is 2.48 bits per heavy atom. The van der Waals surface area contributed by atoms with Gasteiger partial charge < -0.3 is 30.0 Å². The van der Waals surface area contributed by atoms with Crippen molar-refractivity contribution in [3.8, 4) is 6.01 Å². The number of nitrogens with zero attached hydrogens (tertiary/aromatic N) is 7. The lowest BCUT2D eigenvalue weighted by Crippen LogP contribution is -2.49. The first-order valence-corrected chi connectivity index (χ1v) is 14.4. The van der Waals surface area contributed by atoms with Crippen molar-refractivity contribution in [1.29, 1.82) is 0 Å². The maximum absolute atomic E-state index is 12.7. The van der Waals surface area contributed by atoms with E-state index in [1.165, 1.54) is 26.6 Å². The number of aromatic amines is 1. The van der Waals surface area contributed by atoms with Crippen LogP contribution in [0.15, 0.2) is 65.7 Å². The van der Waals surface area contributed by atoms with Crippen LogP contribution in [-0.4, -0.2) is 93.0 Å². The van der Waals surface area contributed by atoms with E-state index in [0.29, 0.717) is 38.4 Å². The van der Waals surface area contributed by atoms with Crippen molar-refractivity contribution in [1.82, 2.24) is 34.7 Å². The van der Waals surface area contributed by atoms with Crippen molar-refractivity contribution in [2.24, 2.45) is 0 Å². The van der Waals surface area contributed by atoms with Gasteiger partial charge in [0.2, 0.25) is 11.9 Å². The maximum atomic E-state index is 12.7. The summed E-state index contributed by atoms with van der Waals surface area (Å²) >= 11 is 0. The number of amides is 1. The predicted molar refractivity (Wildman–Crippen MR) is 168 cm³/mol. The van der Waals surface area contributed by atoms with E-state index >= 15 is 0 Å². The second-order valence-electron chi connectivity index (χ2n) is 10.3. The number of benzene rings is 2. The van der Waals surface area contributed by atoms with Crippen molar-refractivity contribution in [3.05, 3.63) is 99.5 Å². The van der Waals surface area contributed by atoms with Crippen LogP contribution >= 0.6 is 0 Å². The molecule has 0 aliphatic carbocycles. The average Bonchev–Trinajstić information content (AvgIpc) is 3.08. The molecule has 1 amide bonds. The number of hydrogen-bond acceptors (Lipinski definition) is 12. The number of H-pyrrole nitrogens is 1. The first-order chi connectivity index (χ1) is 22.3. The Labute approximate surface area is 264 Å². The number of aromatic nitrogens is 5. The van der Waals surface area contributed by atoms with Gasteiger partial charge in [0.25, 0.3) is 11.5 Å². The van der Waals surface area contributed by atoms with Gasteiger partial charge in [0.15, 0.2) is 11.4 Å². The standard InChI is InChI=1S/C31H32N10O5/c1-32-22-9-7-20(8-10-22)18-24(28(44)45-2)36-30-37-29(38-31(39-30)46-3)35-23-6-4-5-21(17-23)19-40-13-15-41(16-14-40)27(43)25-26(42)34-12-11-33-25/h4-12,17,24H,13-16,18-19H2,2-3H3,(H,34,42)(H2,35,36,37,38,39)/t24-/m0/s1. The second-order valence-corrected chi connectivity index (χ2v) is 10.3. The lowest BCUT2D eigenvalue weighted by Gasteiger charge is -2.34. The topological polar surface area (TPSA) is 172 Å². The fraction of sp³-hybridized carbons (Fsp3) is 0.290. The molecule has 3 N–H and O–H groups in total. The van der Waals surface area contributed by atoms with Crippen molar-refractivity contribution < 1.29 is 19.1 Å². The number of methoxy groups -OCH3 is 2. The number of ether oxygens (including phenoxy) is 2. The maximum Gasteiger partial charge on any atom is 0.328 e. The molecule has 1 fully saturated rings. The molecule has 0 spiro atoms. The number of carbonyl (C=O) groups is 2. The fourth-order valence-electron chi connectivity index (χ4n) is 4.90. The Hall–Kier alpha value is -5.88. The summed E-state index contributed by atoms with van der Waals surface area (Å²) in [5, 5.41) is 6.21. The largest absolute Gasteiger partial charge is 0.467 e. The number of hydrogen-bond donors (Lipinski definition) is 3. The van der Waals surface area contributed by atoms with Crippen LogP contribution in [0.25, 0.3) is 4.85 Å². The van der Waals surface area contributed by atoms with Crippen molar-refractivity contribution in [3.63, 3.8) is 0 Å². The van der Waals surface area contributed by atoms with Gasteiger partial charge in [-0.2, -0.15) is 15.0 Å². The van der Waals surface area contributed by atoms with E-state index in [4.69, 9.17) is 16.0 Å². The molecule has 1 saturated heterocycles. The molecule has 3 heterocycles. The Morgan fingerprint density at radius 2 is 1.78 bits per heavy atom. The Kier molecular flexibility index (Phi) is 10.1. The zero-order valence-corrected chi connectivity index (χ0v) is 25.3. The number of piperazine rings is 1. The third kappa shape index (κ3) is 7.98. The molecular formula is C31H32N10O5. The molecule has 0 saturated carbocycles. The van der Waals surface area contributed by atoms with E-state index in [-0.39, 0.29) is 35.9 Å². The van der Waals surface area contributed by atoms with Gasteiger partial charge in [-0.05, 0) is 23.3 Å². The first kappa shape index (κ1) is 31.5. The minimum atomic E-state index is -0.813. The van der Waals surface area contributed by atoms with Crippen LogP contribution in [0.3, 0.4) is 0 Å². The Bertz CT molecular complexity index is 1780. The number of anilines is 3. The molecule has 1 aliphatic heterocycles. The lowest BCUT2D eigenvalue weighted by molar-refractivity contribution is -0.141. The monoisotopic (exact) mass is 624 g/mol. The summed E-state index contributed by atoms with van der Waals surface area (Å²) in [4.78, 5) is 64.0. The van der Waals surface area contributed by atoms with Crippen LogP contribution in [0, 0.1) is 6.57 Å². The van der Waals surface area contributed by atoms with E-state index in [1.54, 1.807) is 29.2 Å². The van der Waals surface area contributed by atoms with E-state index in [1.807, 2.05) is 24.3 Å². The van der Waals surface area contributed by atoms with E-state index in [9.17, 15) is 14.4 Å². The van der Waals surface area contributed by atoms with Gasteiger partial charge in [0.05, 0.1) is 20.8 Å². The summed E-state index contributed by atoms with van der Waals surface area (Å²) in [6.07, 6.45) is 3.07. The lowest BCUT2D eigenvalue weighted by atomic mass is 10.1. The normalized spacial score (nSPS) is 13.7. The third-order valence-electron chi connectivity index (χ3n) is 7.25. The number of carbonyl (C=O) groups excluding carboxylic acids is 2. The molecule has 0 radical (unpaired) electrons. The molecule has 0 unspecified atom stereocenters. The zero-order valence-electron chi connectivity index (χ0n) is 25.3. The Balaban J connectivity index is 1.23. The van der Waals surface area contributed by atoms with Crippen molar-refractivity contribution >= 4 is 35.1 Å². The Morgan fingerprint density at radius 1 is 1.02 bits per heavy atom. The van der Waals surface area contributed by atoms with Crippen LogP contribution in [0.5, 0.6) is 6.01 Å². The summed E-state index contributed by atoms with van der Waals surface area (Å²) < 4.78 is 10.3. The summed E-state index contributed by atoms with van der Waals surface area (Å²) in [7, 11) is 2.74. The number of nitrogens with one attached hydrogen (secondary N) is 3. The molecule has 1 aliphatic rings. The number of rotatable bonds is 11. The van der Waals surface area contributed by atoms with Crippen LogP contribution in [-0.2, 0) is 22.5 Å². The molecule has 2 aromatic carbocycles. The quantitative estimate of drug-likeness (QED) is 0.165. The van der Waals surface area contributed by atoms with Gasteiger partial charge in [-0.25, -0.2) is 14.6 Å². The summed E-state index contributed by atoms with van der Waals surface area (Å²) in [5.41, 5.74) is 2.48. The van der Waals surface area contributed by atoms with Crippen molar-refractivity contribution in [2.75, 3.05) is 51.0 Å². The second kappa shape index (κ2) is 14.7. The van der Waals surface area contributed by atoms with E-state index in [0.717, 1.165) is 16.8 Å². The van der Waals surface area contributed by atoms with Gasteiger partial charge in [-0.1, -0.05) is 36.4 Å². The van der Waals surface area contributed by atoms with Gasteiger partial charge >= 0.3 is 12.0 Å². The smallest absolute Gasteiger partial charge is 0.328 e. The summed E-state index contributed by atoms with van der Waals surface area (Å²) in [5.74, 6) is -0.569. The van der Waals surface area contributed by atoms with E-state index in [2.05, 4.69) is 45.3 Å². The van der Waals surface area contributed by atoms with Gasteiger partial charge in [-0.15, -0.1) is 0 Å². The highest BCUT2D eigenvalue weighted by molar-refractivity contribution is 5.92. The first-order valence-electron chi connectivity index (χ1n) is 14.4. The van der Waals surface area contributed by atoms with E-state index < -0.39 is 17.6 Å². The molecule has 2 aromatic heterocycles. The predicted octanol–water partition coefficient (Wildman–Crippen LogP) is 2.41. The molecule has 15 nitrogen and oxygen atoms in total. The molecule has 5 rings (SSSR count). The fourth-order valence-corrected chi connectivity index (χ4v) is 4.90. The third-order valence-corrected chi connectivity index (χ3v) is 7.25. The van der Waals surface area contributed by atoms with Crippen molar-refractivity contribution in [2.45, 2.75) is 19.0 Å². The minimum absolute atomic E-state index is 0.0429. The minimum Gasteiger partial charge on any atom is -0.467 e. The van der Waals surface area contributed by atoms with Crippen LogP contribution in [0.2, 0.25) is 0 Å². The van der Waals surface area contributed by atoms with Gasteiger partial charge in [-0.3, -0.25) is 14.5 Å². The summed E-state index contributed by atoms with van der Waals surface area (Å²) in [6.45, 7) is 10.0. The average molecular weight is 625 g/mol.